The number of benzene rings is 2. The zero-order valence-electron chi connectivity index (χ0n) is 23.9. The first-order valence-electron chi connectivity index (χ1n) is 15.0. The van der Waals surface area contributed by atoms with Gasteiger partial charge in [-0.15, -0.1) is 6.42 Å². The lowest BCUT2D eigenvalue weighted by Gasteiger charge is -2.31. The van der Waals surface area contributed by atoms with Gasteiger partial charge in [0.25, 0.3) is 0 Å². The van der Waals surface area contributed by atoms with Crippen molar-refractivity contribution in [1.82, 2.24) is 19.9 Å². The summed E-state index contributed by atoms with van der Waals surface area (Å²) >= 11 is 0. The van der Waals surface area contributed by atoms with Gasteiger partial charge in [-0.3, -0.25) is 9.88 Å². The van der Waals surface area contributed by atoms with Crippen molar-refractivity contribution in [3.8, 4) is 35.4 Å². The van der Waals surface area contributed by atoms with Crippen molar-refractivity contribution >= 4 is 27.5 Å². The van der Waals surface area contributed by atoms with E-state index in [9.17, 15) is 13.9 Å². The van der Waals surface area contributed by atoms with Crippen LogP contribution in [0.5, 0.6) is 11.8 Å². The molecule has 4 atom stereocenters. The summed E-state index contributed by atoms with van der Waals surface area (Å²) in [6, 6.07) is 5.45. The zero-order chi connectivity index (χ0) is 30.2. The fourth-order valence-electron chi connectivity index (χ4n) is 7.78. The molecule has 44 heavy (non-hydrogen) atoms. The number of terminal acetylenes is 1. The van der Waals surface area contributed by atoms with Gasteiger partial charge in [-0.25, -0.2) is 13.2 Å². The van der Waals surface area contributed by atoms with Crippen molar-refractivity contribution in [3.05, 3.63) is 47.7 Å². The van der Waals surface area contributed by atoms with E-state index in [0.29, 0.717) is 67.7 Å². The van der Waals surface area contributed by atoms with Gasteiger partial charge in [0, 0.05) is 55.0 Å². The van der Waals surface area contributed by atoms with E-state index in [1.165, 1.54) is 30.5 Å². The Labute approximate surface area is 251 Å². The maximum Gasteiger partial charge on any atom is 0.319 e. The number of ether oxygens (including phenoxy) is 2. The van der Waals surface area contributed by atoms with Gasteiger partial charge in [-0.05, 0) is 43.0 Å². The topological polar surface area (TPSA) is 83.8 Å². The first-order valence-corrected chi connectivity index (χ1v) is 15.0. The fraction of sp³-hybridized carbons (Fsp3) is 0.424. The smallest absolute Gasteiger partial charge is 0.319 e. The highest BCUT2D eigenvalue weighted by Gasteiger charge is 2.49. The molecule has 4 aliphatic heterocycles. The molecule has 4 fully saturated rings. The monoisotopic (exact) mass is 601 g/mol. The summed E-state index contributed by atoms with van der Waals surface area (Å²) in [5, 5.41) is 11.6. The predicted molar refractivity (Wildman–Crippen MR) is 158 cm³/mol. The third-order valence-electron chi connectivity index (χ3n) is 9.87. The number of hydrogen-bond donors (Lipinski definition) is 1. The molecule has 4 aliphatic rings. The van der Waals surface area contributed by atoms with E-state index in [1.807, 2.05) is 0 Å². The summed E-state index contributed by atoms with van der Waals surface area (Å²) in [6.07, 6.45) is 8.40. The van der Waals surface area contributed by atoms with Crippen LogP contribution in [0.3, 0.4) is 0 Å². The number of phenols is 1. The summed E-state index contributed by atoms with van der Waals surface area (Å²) in [7, 11) is 0. The molecule has 2 unspecified atom stereocenters. The molecule has 8 rings (SSSR count). The highest BCUT2D eigenvalue weighted by Crippen LogP contribution is 2.42. The summed E-state index contributed by atoms with van der Waals surface area (Å²) in [4.78, 5) is 18.0. The van der Waals surface area contributed by atoms with Crippen LogP contribution in [0.25, 0.3) is 32.9 Å². The molecule has 4 saturated heterocycles. The quantitative estimate of drug-likeness (QED) is 0.326. The molecular formula is C33H30F3N5O3. The van der Waals surface area contributed by atoms with E-state index >= 15 is 4.39 Å². The normalized spacial score (nSPS) is 26.4. The first-order chi connectivity index (χ1) is 21.3. The minimum atomic E-state index is -0.917. The lowest BCUT2D eigenvalue weighted by atomic mass is 9.95. The summed E-state index contributed by atoms with van der Waals surface area (Å²) < 4.78 is 57.8. The van der Waals surface area contributed by atoms with Crippen LogP contribution in [0.2, 0.25) is 0 Å². The van der Waals surface area contributed by atoms with Gasteiger partial charge in [-0.2, -0.15) is 9.97 Å². The lowest BCUT2D eigenvalue weighted by Crippen LogP contribution is -2.43. The fourth-order valence-corrected chi connectivity index (χ4v) is 7.78. The maximum atomic E-state index is 16.7. The van der Waals surface area contributed by atoms with Crippen molar-refractivity contribution < 1.29 is 27.8 Å². The maximum absolute atomic E-state index is 16.7. The first kappa shape index (κ1) is 27.4. The van der Waals surface area contributed by atoms with Crippen LogP contribution in [0.1, 0.15) is 24.8 Å². The van der Waals surface area contributed by atoms with Gasteiger partial charge in [0.05, 0.1) is 29.7 Å². The number of hydrogen-bond acceptors (Lipinski definition) is 8. The Kier molecular flexibility index (Phi) is 6.36. The van der Waals surface area contributed by atoms with Crippen LogP contribution in [0, 0.1) is 35.8 Å². The SMILES string of the molecule is C#Cc1c(F)ccc2cc(O)cc(-c3ncc4c(N5CC6COCC6C5)nc(OC[C@@]56CCCN5C[C@H](F)C6)nc4c3F)c12. The number of rotatable bonds is 5. The molecule has 226 valence electrons. The minimum Gasteiger partial charge on any atom is -0.508 e. The van der Waals surface area contributed by atoms with E-state index in [4.69, 9.17) is 20.9 Å². The molecule has 0 radical (unpaired) electrons. The van der Waals surface area contributed by atoms with Gasteiger partial charge >= 0.3 is 6.01 Å². The van der Waals surface area contributed by atoms with Crippen LogP contribution in [0.4, 0.5) is 19.0 Å². The Morgan fingerprint density at radius 3 is 2.75 bits per heavy atom. The summed E-state index contributed by atoms with van der Waals surface area (Å²) in [6.45, 7) is 4.07. The Morgan fingerprint density at radius 1 is 1.14 bits per heavy atom. The number of anilines is 1. The zero-order valence-corrected chi connectivity index (χ0v) is 23.9. The third-order valence-corrected chi connectivity index (χ3v) is 9.87. The molecule has 4 aromatic rings. The van der Waals surface area contributed by atoms with Gasteiger partial charge in [0.1, 0.15) is 41.4 Å². The van der Waals surface area contributed by atoms with Crippen molar-refractivity contribution in [1.29, 1.82) is 0 Å². The molecule has 11 heteroatoms. The summed E-state index contributed by atoms with van der Waals surface area (Å²) in [5.41, 5.74) is -0.505. The van der Waals surface area contributed by atoms with Crippen molar-refractivity contribution in [3.63, 3.8) is 0 Å². The van der Waals surface area contributed by atoms with Crippen LogP contribution in [-0.4, -0.2) is 82.7 Å². The lowest BCUT2D eigenvalue weighted by molar-refractivity contribution is 0.107. The third kappa shape index (κ3) is 4.26. The number of phenolic OH excluding ortho intramolecular Hbond substituents is 1. The number of halogens is 3. The Hall–Kier alpha value is -4.14. The average Bonchev–Trinajstić information content (AvgIpc) is 3.77. The van der Waals surface area contributed by atoms with E-state index in [-0.39, 0.29) is 46.1 Å². The largest absolute Gasteiger partial charge is 0.508 e. The van der Waals surface area contributed by atoms with Gasteiger partial charge in [-0.1, -0.05) is 12.0 Å². The van der Waals surface area contributed by atoms with Crippen molar-refractivity contribution in [2.45, 2.75) is 31.0 Å². The van der Waals surface area contributed by atoms with E-state index in [2.05, 4.69) is 25.7 Å². The Bertz CT molecular complexity index is 1850. The van der Waals surface area contributed by atoms with Crippen LogP contribution in [0.15, 0.2) is 30.5 Å². The Balaban J connectivity index is 1.27. The molecule has 0 bridgehead atoms. The van der Waals surface area contributed by atoms with Crippen molar-refractivity contribution in [2.75, 3.05) is 50.9 Å². The molecule has 2 aromatic heterocycles. The molecule has 1 N–H and O–H groups in total. The molecule has 0 spiro atoms. The van der Waals surface area contributed by atoms with Gasteiger partial charge in [0.2, 0.25) is 0 Å². The standard InChI is InChI=1S/C33H30F3N5O3/c1-2-23-26(35)5-4-18-8-22(42)9-24(27(18)23)29-28(36)30-25(11-37-29)31(40-12-19-15-43-16-20(19)13-40)39-32(38-30)44-17-33-6-3-7-41(33)14-21(34)10-33/h1,4-5,8-9,11,19-21,42H,3,6-7,10,12-17H2/t19?,20?,21-,33+/m1/s1. The molecule has 0 aliphatic carbocycles. The Morgan fingerprint density at radius 2 is 1.95 bits per heavy atom. The average molecular weight is 602 g/mol. The van der Waals surface area contributed by atoms with E-state index < -0.39 is 23.3 Å². The second kappa shape index (κ2) is 10.2. The highest BCUT2D eigenvalue weighted by molar-refractivity contribution is 6.03. The number of alkyl halides is 1. The van der Waals surface area contributed by atoms with E-state index in [1.54, 1.807) is 0 Å². The second-order valence-corrected chi connectivity index (χ2v) is 12.5. The predicted octanol–water partition coefficient (Wildman–Crippen LogP) is 4.85. The number of nitrogens with zero attached hydrogens (tertiary/aromatic N) is 5. The number of pyridine rings is 1. The molecule has 2 aromatic carbocycles. The minimum absolute atomic E-state index is 0.00322. The molecule has 6 heterocycles. The van der Waals surface area contributed by atoms with Crippen LogP contribution in [-0.2, 0) is 4.74 Å². The van der Waals surface area contributed by atoms with Crippen LogP contribution >= 0.6 is 0 Å². The number of aromatic hydroxyl groups is 1. The van der Waals surface area contributed by atoms with Crippen LogP contribution < -0.4 is 9.64 Å². The molecule has 0 amide bonds. The van der Waals surface area contributed by atoms with Gasteiger partial charge in [0.15, 0.2) is 5.82 Å². The highest BCUT2D eigenvalue weighted by atomic mass is 19.1. The van der Waals surface area contributed by atoms with E-state index in [0.717, 1.165) is 19.4 Å². The molecular weight excluding hydrogens is 571 g/mol. The van der Waals surface area contributed by atoms with Gasteiger partial charge < -0.3 is 19.5 Å². The second-order valence-electron chi connectivity index (χ2n) is 12.5. The van der Waals surface area contributed by atoms with Crippen molar-refractivity contribution in [2.24, 2.45) is 11.8 Å². The molecule has 8 nitrogen and oxygen atoms in total. The molecule has 0 saturated carbocycles. The summed E-state index contributed by atoms with van der Waals surface area (Å²) in [5.74, 6) is 1.98. The number of aromatic nitrogens is 3. The number of fused-ring (bicyclic) bond motifs is 4.